The molecule has 52 valence electrons. The molecule has 2 unspecified atom stereocenters. The smallest absolute Gasteiger partial charge is 0.0294 e. The Morgan fingerprint density at radius 3 is 2.67 bits per heavy atom. The summed E-state index contributed by atoms with van der Waals surface area (Å²) in [6.07, 6.45) is 6.00. The van der Waals surface area contributed by atoms with E-state index < -0.39 is 0 Å². The number of hydrogen-bond donors (Lipinski definition) is 0. The third-order valence-corrected chi connectivity index (χ3v) is 2.72. The van der Waals surface area contributed by atoms with Crippen molar-refractivity contribution in [2.75, 3.05) is 0 Å². The summed E-state index contributed by atoms with van der Waals surface area (Å²) in [6.45, 7) is 8.43. The molecule has 0 bridgehead atoms. The first kappa shape index (κ1) is 6.85. The summed E-state index contributed by atoms with van der Waals surface area (Å²) in [5, 5.41) is 0. The first-order valence-corrected chi connectivity index (χ1v) is 3.80. The molecule has 1 aliphatic rings. The van der Waals surface area contributed by atoms with E-state index in [0.717, 1.165) is 5.92 Å². The van der Waals surface area contributed by atoms with Crippen LogP contribution in [0.3, 0.4) is 0 Å². The third kappa shape index (κ3) is 1.35. The van der Waals surface area contributed by atoms with Gasteiger partial charge in [0.1, 0.15) is 0 Å². The minimum atomic E-state index is 0.689. The highest BCUT2D eigenvalue weighted by Crippen LogP contribution is 2.54. The maximum Gasteiger partial charge on any atom is -0.0294 e. The molecule has 0 saturated heterocycles. The molecule has 1 saturated carbocycles. The van der Waals surface area contributed by atoms with Crippen LogP contribution in [-0.2, 0) is 0 Å². The highest BCUT2D eigenvalue weighted by molar-refractivity contribution is 4.96. The fraction of sp³-hybridized carbons (Fsp3) is 0.778. The van der Waals surface area contributed by atoms with Crippen LogP contribution in [0.4, 0.5) is 0 Å². The quantitative estimate of drug-likeness (QED) is 0.507. The predicted octanol–water partition coefficient (Wildman–Crippen LogP) is 3.00. The van der Waals surface area contributed by atoms with Gasteiger partial charge < -0.3 is 0 Å². The van der Waals surface area contributed by atoms with E-state index >= 15 is 0 Å². The van der Waals surface area contributed by atoms with Gasteiger partial charge in [0.15, 0.2) is 0 Å². The van der Waals surface area contributed by atoms with E-state index in [9.17, 15) is 0 Å². The van der Waals surface area contributed by atoms with Crippen LogP contribution in [0.25, 0.3) is 0 Å². The van der Waals surface area contributed by atoms with Crippen molar-refractivity contribution in [1.82, 2.24) is 0 Å². The Balaban J connectivity index is 2.20. The average molecular weight is 124 g/mol. The van der Waals surface area contributed by atoms with Gasteiger partial charge in [0.2, 0.25) is 0 Å². The van der Waals surface area contributed by atoms with Gasteiger partial charge in [-0.1, -0.05) is 19.9 Å². The van der Waals surface area contributed by atoms with E-state index in [-0.39, 0.29) is 0 Å². The van der Waals surface area contributed by atoms with E-state index in [1.165, 1.54) is 19.3 Å². The molecule has 0 aromatic heterocycles. The zero-order chi connectivity index (χ0) is 6.91. The Morgan fingerprint density at radius 2 is 2.33 bits per heavy atom. The van der Waals surface area contributed by atoms with Crippen molar-refractivity contribution in [2.45, 2.75) is 33.1 Å². The molecule has 0 aromatic carbocycles. The van der Waals surface area contributed by atoms with Crippen molar-refractivity contribution in [3.8, 4) is 0 Å². The van der Waals surface area contributed by atoms with Gasteiger partial charge in [0.25, 0.3) is 0 Å². The van der Waals surface area contributed by atoms with E-state index in [1.54, 1.807) is 0 Å². The zero-order valence-corrected chi connectivity index (χ0v) is 6.48. The Labute approximate surface area is 58.0 Å². The number of allylic oxidation sites excluding steroid dienone is 1. The van der Waals surface area contributed by atoms with Gasteiger partial charge in [-0.05, 0) is 30.6 Å². The van der Waals surface area contributed by atoms with Crippen LogP contribution < -0.4 is 0 Å². The normalized spacial score (nSPS) is 40.4. The molecule has 0 spiro atoms. The predicted molar refractivity (Wildman–Crippen MR) is 41.3 cm³/mol. The van der Waals surface area contributed by atoms with Gasteiger partial charge >= 0.3 is 0 Å². The zero-order valence-electron chi connectivity index (χ0n) is 6.48. The van der Waals surface area contributed by atoms with Crippen molar-refractivity contribution in [3.63, 3.8) is 0 Å². The summed E-state index contributed by atoms with van der Waals surface area (Å²) in [5.41, 5.74) is 0.689. The van der Waals surface area contributed by atoms with Crippen molar-refractivity contribution in [3.05, 3.63) is 12.7 Å². The second-order valence-corrected chi connectivity index (χ2v) is 3.59. The van der Waals surface area contributed by atoms with Crippen LogP contribution in [0, 0.1) is 11.3 Å². The molecule has 9 heavy (non-hydrogen) atoms. The van der Waals surface area contributed by atoms with Gasteiger partial charge in [-0.3, -0.25) is 0 Å². The van der Waals surface area contributed by atoms with E-state index in [0.29, 0.717) is 5.41 Å². The Kier molecular flexibility index (Phi) is 1.65. The molecule has 1 rings (SSSR count). The fourth-order valence-corrected chi connectivity index (χ4v) is 1.42. The van der Waals surface area contributed by atoms with E-state index in [1.807, 2.05) is 6.08 Å². The maximum absolute atomic E-state index is 3.72. The molecule has 2 atom stereocenters. The van der Waals surface area contributed by atoms with Crippen LogP contribution in [0.15, 0.2) is 12.7 Å². The SMILES string of the molecule is C=CCCC1(C)CC1C. The van der Waals surface area contributed by atoms with Gasteiger partial charge in [-0.15, -0.1) is 6.58 Å². The summed E-state index contributed by atoms with van der Waals surface area (Å²) in [4.78, 5) is 0. The monoisotopic (exact) mass is 124 g/mol. The van der Waals surface area contributed by atoms with Crippen molar-refractivity contribution in [1.29, 1.82) is 0 Å². The first-order valence-electron chi connectivity index (χ1n) is 3.80. The lowest BCUT2D eigenvalue weighted by Gasteiger charge is -2.05. The first-order chi connectivity index (χ1) is 4.19. The lowest BCUT2D eigenvalue weighted by atomic mass is 10.0. The van der Waals surface area contributed by atoms with Gasteiger partial charge in [-0.2, -0.15) is 0 Å². The minimum Gasteiger partial charge on any atom is -0.103 e. The highest BCUT2D eigenvalue weighted by Gasteiger charge is 2.45. The number of rotatable bonds is 3. The molecule has 0 heteroatoms. The molecule has 0 aliphatic heterocycles. The molecule has 1 fully saturated rings. The summed E-state index contributed by atoms with van der Waals surface area (Å²) < 4.78 is 0. The summed E-state index contributed by atoms with van der Waals surface area (Å²) in [6, 6.07) is 0. The lowest BCUT2D eigenvalue weighted by Crippen LogP contribution is -1.94. The average Bonchev–Trinajstić information content (AvgIpc) is 2.38. The Bertz CT molecular complexity index is 115. The fourth-order valence-electron chi connectivity index (χ4n) is 1.42. The Morgan fingerprint density at radius 1 is 1.78 bits per heavy atom. The number of hydrogen-bond acceptors (Lipinski definition) is 0. The third-order valence-electron chi connectivity index (χ3n) is 2.72. The topological polar surface area (TPSA) is 0 Å². The molecular weight excluding hydrogens is 108 g/mol. The molecular formula is C9H16. The van der Waals surface area contributed by atoms with E-state index in [2.05, 4.69) is 20.4 Å². The molecule has 0 nitrogen and oxygen atoms in total. The summed E-state index contributed by atoms with van der Waals surface area (Å²) in [5.74, 6) is 0.970. The largest absolute Gasteiger partial charge is 0.103 e. The molecule has 1 aliphatic carbocycles. The molecule has 0 N–H and O–H groups in total. The van der Waals surface area contributed by atoms with Gasteiger partial charge in [-0.25, -0.2) is 0 Å². The molecule has 0 amide bonds. The van der Waals surface area contributed by atoms with Crippen molar-refractivity contribution < 1.29 is 0 Å². The summed E-state index contributed by atoms with van der Waals surface area (Å²) >= 11 is 0. The molecule has 0 aromatic rings. The van der Waals surface area contributed by atoms with Crippen molar-refractivity contribution >= 4 is 0 Å². The van der Waals surface area contributed by atoms with Crippen LogP contribution in [0.2, 0.25) is 0 Å². The molecule has 0 heterocycles. The van der Waals surface area contributed by atoms with Gasteiger partial charge in [0.05, 0.1) is 0 Å². The summed E-state index contributed by atoms with van der Waals surface area (Å²) in [7, 11) is 0. The van der Waals surface area contributed by atoms with Crippen molar-refractivity contribution in [2.24, 2.45) is 11.3 Å². The second kappa shape index (κ2) is 2.17. The Hall–Kier alpha value is -0.260. The van der Waals surface area contributed by atoms with Crippen LogP contribution in [-0.4, -0.2) is 0 Å². The maximum atomic E-state index is 3.72. The lowest BCUT2D eigenvalue weighted by molar-refractivity contribution is 0.480. The van der Waals surface area contributed by atoms with Crippen LogP contribution in [0.5, 0.6) is 0 Å². The minimum absolute atomic E-state index is 0.689. The highest BCUT2D eigenvalue weighted by atomic mass is 14.5. The standard InChI is InChI=1S/C9H16/c1-4-5-6-9(3)7-8(9)2/h4,8H,1,5-7H2,2-3H3. The van der Waals surface area contributed by atoms with E-state index in [4.69, 9.17) is 0 Å². The second-order valence-electron chi connectivity index (χ2n) is 3.59. The van der Waals surface area contributed by atoms with Crippen LogP contribution in [0.1, 0.15) is 33.1 Å². The van der Waals surface area contributed by atoms with Crippen LogP contribution >= 0.6 is 0 Å². The molecule has 0 radical (unpaired) electrons. The van der Waals surface area contributed by atoms with Gasteiger partial charge in [0, 0.05) is 0 Å².